The molecule has 3 aromatic rings. The molecule has 3 aromatic carbocycles. The third kappa shape index (κ3) is 4.04. The summed E-state index contributed by atoms with van der Waals surface area (Å²) in [5.41, 5.74) is 0.853. The van der Waals surface area contributed by atoms with Crippen molar-refractivity contribution in [2.75, 3.05) is 0 Å². The predicted molar refractivity (Wildman–Crippen MR) is 125 cm³/mol. The number of thiocarbonyl (C=S) groups is 1. The molecular formula is C23H17NO5S2. The van der Waals surface area contributed by atoms with Gasteiger partial charge in [0.15, 0.2) is 0 Å². The smallest absolute Gasteiger partial charge is 0.326 e. The minimum Gasteiger partial charge on any atom is -0.481 e. The molecule has 1 fully saturated rings. The van der Waals surface area contributed by atoms with Crippen LogP contribution in [0.3, 0.4) is 0 Å². The van der Waals surface area contributed by atoms with Gasteiger partial charge in [0.25, 0.3) is 5.91 Å². The van der Waals surface area contributed by atoms with Crippen LogP contribution in [0.4, 0.5) is 0 Å². The van der Waals surface area contributed by atoms with Crippen molar-refractivity contribution >= 4 is 73.8 Å². The van der Waals surface area contributed by atoms with Gasteiger partial charge in [-0.3, -0.25) is 14.5 Å². The molecular weight excluding hydrogens is 434 g/mol. The molecule has 0 saturated carbocycles. The number of carboxylic acid groups (broad SMARTS) is 2. The first-order valence-corrected chi connectivity index (χ1v) is 10.7. The first kappa shape index (κ1) is 21.0. The lowest BCUT2D eigenvalue weighted by molar-refractivity contribution is -0.146. The van der Waals surface area contributed by atoms with Gasteiger partial charge >= 0.3 is 11.9 Å². The highest BCUT2D eigenvalue weighted by Crippen LogP contribution is 2.38. The molecule has 0 aromatic heterocycles. The fraction of sp³-hybridized carbons (Fsp3) is 0.130. The predicted octanol–water partition coefficient (Wildman–Crippen LogP) is 4.51. The highest BCUT2D eigenvalue weighted by Gasteiger charge is 2.40. The Kier molecular flexibility index (Phi) is 5.75. The molecule has 0 aliphatic carbocycles. The number of fused-ring (bicyclic) bond motifs is 2. The minimum absolute atomic E-state index is 0.110. The fourth-order valence-corrected chi connectivity index (χ4v) is 5.05. The van der Waals surface area contributed by atoms with E-state index in [1.807, 2.05) is 48.5 Å². The number of thioether (sulfide) groups is 1. The number of carbonyl (C=O) groups excluding carboxylic acids is 1. The van der Waals surface area contributed by atoms with Gasteiger partial charge in [0.1, 0.15) is 10.4 Å². The summed E-state index contributed by atoms with van der Waals surface area (Å²) in [7, 11) is 0. The topological polar surface area (TPSA) is 94.9 Å². The maximum absolute atomic E-state index is 13.1. The number of aliphatic carboxylic acids is 2. The second kappa shape index (κ2) is 8.49. The summed E-state index contributed by atoms with van der Waals surface area (Å²) in [4.78, 5) is 37.1. The van der Waals surface area contributed by atoms with Gasteiger partial charge in [-0.2, -0.15) is 0 Å². The molecule has 156 valence electrons. The van der Waals surface area contributed by atoms with Crippen LogP contribution in [0.5, 0.6) is 0 Å². The van der Waals surface area contributed by atoms with Crippen LogP contribution in [0.1, 0.15) is 18.4 Å². The Balaban J connectivity index is 1.80. The third-order valence-corrected chi connectivity index (χ3v) is 6.47. The van der Waals surface area contributed by atoms with E-state index in [1.165, 1.54) is 0 Å². The summed E-state index contributed by atoms with van der Waals surface area (Å²) in [6, 6.07) is 16.4. The van der Waals surface area contributed by atoms with Gasteiger partial charge < -0.3 is 10.2 Å². The number of hydrogen-bond acceptors (Lipinski definition) is 5. The number of carbonyl (C=O) groups is 3. The Bertz CT molecular complexity index is 1230. The Morgan fingerprint density at radius 1 is 1.03 bits per heavy atom. The van der Waals surface area contributed by atoms with E-state index in [0.717, 1.165) is 43.8 Å². The van der Waals surface area contributed by atoms with E-state index in [9.17, 15) is 19.5 Å². The molecule has 0 radical (unpaired) electrons. The number of carboxylic acids is 2. The second-order valence-electron chi connectivity index (χ2n) is 7.07. The van der Waals surface area contributed by atoms with E-state index in [1.54, 1.807) is 6.08 Å². The maximum Gasteiger partial charge on any atom is 0.326 e. The fourth-order valence-electron chi connectivity index (χ4n) is 3.71. The largest absolute Gasteiger partial charge is 0.481 e. The SMILES string of the molecule is O=C(O)CCC(C(=O)O)N1C(=O)C(=Cc2c3ccccc3cc3ccccc23)SC1=S. The summed E-state index contributed by atoms with van der Waals surface area (Å²) in [6.07, 6.45) is 1.16. The molecule has 1 unspecified atom stereocenters. The zero-order valence-corrected chi connectivity index (χ0v) is 17.8. The number of benzene rings is 3. The molecule has 1 amide bonds. The van der Waals surface area contributed by atoms with Crippen molar-refractivity contribution in [3.63, 3.8) is 0 Å². The summed E-state index contributed by atoms with van der Waals surface area (Å²) in [5.74, 6) is -2.94. The summed E-state index contributed by atoms with van der Waals surface area (Å²) in [5, 5.41) is 22.5. The van der Waals surface area contributed by atoms with E-state index in [2.05, 4.69) is 6.07 Å². The Labute approximate surface area is 187 Å². The normalized spacial score (nSPS) is 16.4. The standard InChI is InChI=1S/C23H17NO5S2/c25-20(26)10-9-18(22(28)29)24-21(27)19(31-23(24)30)12-17-15-7-3-1-5-13(15)11-14-6-2-4-8-16(14)17/h1-8,11-12,18H,9-10H2,(H,25,26)(H,28,29). The van der Waals surface area contributed by atoms with Crippen molar-refractivity contribution < 1.29 is 24.6 Å². The lowest BCUT2D eigenvalue weighted by atomic mass is 9.96. The zero-order valence-electron chi connectivity index (χ0n) is 16.1. The van der Waals surface area contributed by atoms with Gasteiger partial charge in [-0.1, -0.05) is 72.5 Å². The molecule has 0 bridgehead atoms. The van der Waals surface area contributed by atoms with Gasteiger partial charge in [0.05, 0.1) is 4.91 Å². The average molecular weight is 452 g/mol. The number of rotatable bonds is 6. The molecule has 1 heterocycles. The first-order valence-electron chi connectivity index (χ1n) is 9.49. The van der Waals surface area contributed by atoms with E-state index < -0.39 is 23.9 Å². The molecule has 1 atom stereocenters. The van der Waals surface area contributed by atoms with Gasteiger partial charge in [0.2, 0.25) is 0 Å². The van der Waals surface area contributed by atoms with Crippen LogP contribution in [-0.2, 0) is 14.4 Å². The minimum atomic E-state index is -1.32. The lowest BCUT2D eigenvalue weighted by Crippen LogP contribution is -2.44. The first-order chi connectivity index (χ1) is 14.9. The maximum atomic E-state index is 13.1. The van der Waals surface area contributed by atoms with Gasteiger partial charge in [-0.05, 0) is 45.7 Å². The molecule has 1 saturated heterocycles. The third-order valence-electron chi connectivity index (χ3n) is 5.14. The molecule has 8 heteroatoms. The van der Waals surface area contributed by atoms with Crippen LogP contribution >= 0.6 is 24.0 Å². The van der Waals surface area contributed by atoms with E-state index in [-0.39, 0.29) is 17.2 Å². The highest BCUT2D eigenvalue weighted by molar-refractivity contribution is 8.26. The van der Waals surface area contributed by atoms with Gasteiger partial charge in [-0.25, -0.2) is 4.79 Å². The van der Waals surface area contributed by atoms with Crippen LogP contribution in [0.25, 0.3) is 27.6 Å². The van der Waals surface area contributed by atoms with Crippen molar-refractivity contribution in [1.82, 2.24) is 4.90 Å². The van der Waals surface area contributed by atoms with Crippen molar-refractivity contribution in [3.05, 3.63) is 65.1 Å². The molecule has 1 aliphatic rings. The van der Waals surface area contributed by atoms with Crippen molar-refractivity contribution in [3.8, 4) is 0 Å². The average Bonchev–Trinajstić information content (AvgIpc) is 3.01. The lowest BCUT2D eigenvalue weighted by Gasteiger charge is -2.22. The summed E-state index contributed by atoms with van der Waals surface area (Å²) in [6.45, 7) is 0. The van der Waals surface area contributed by atoms with Crippen LogP contribution in [0.15, 0.2) is 59.5 Å². The summed E-state index contributed by atoms with van der Waals surface area (Å²) < 4.78 is 0.110. The van der Waals surface area contributed by atoms with Crippen molar-refractivity contribution in [2.45, 2.75) is 18.9 Å². The van der Waals surface area contributed by atoms with Gasteiger partial charge in [-0.15, -0.1) is 0 Å². The quantitative estimate of drug-likeness (QED) is 0.323. The molecule has 0 spiro atoms. The van der Waals surface area contributed by atoms with Gasteiger partial charge in [0, 0.05) is 6.42 Å². The molecule has 2 N–H and O–H groups in total. The Hall–Kier alpha value is -3.23. The van der Waals surface area contributed by atoms with Crippen molar-refractivity contribution in [1.29, 1.82) is 0 Å². The number of hydrogen-bond donors (Lipinski definition) is 2. The van der Waals surface area contributed by atoms with Crippen LogP contribution < -0.4 is 0 Å². The number of nitrogens with zero attached hydrogens (tertiary/aromatic N) is 1. The van der Waals surface area contributed by atoms with Crippen molar-refractivity contribution in [2.24, 2.45) is 0 Å². The van der Waals surface area contributed by atoms with Crippen LogP contribution in [-0.4, -0.2) is 43.3 Å². The molecule has 6 nitrogen and oxygen atoms in total. The van der Waals surface area contributed by atoms with Crippen LogP contribution in [0.2, 0.25) is 0 Å². The zero-order chi connectivity index (χ0) is 22.1. The van der Waals surface area contributed by atoms with E-state index in [0.29, 0.717) is 4.91 Å². The molecule has 1 aliphatic heterocycles. The Morgan fingerprint density at radius 3 is 2.16 bits per heavy atom. The monoisotopic (exact) mass is 451 g/mol. The van der Waals surface area contributed by atoms with E-state index in [4.69, 9.17) is 17.3 Å². The second-order valence-corrected chi connectivity index (χ2v) is 8.75. The molecule has 31 heavy (non-hydrogen) atoms. The van der Waals surface area contributed by atoms with Crippen LogP contribution in [0, 0.1) is 0 Å². The van der Waals surface area contributed by atoms with E-state index >= 15 is 0 Å². The summed E-state index contributed by atoms with van der Waals surface area (Å²) >= 11 is 6.33. The number of amides is 1. The highest BCUT2D eigenvalue weighted by atomic mass is 32.2. The molecule has 4 rings (SSSR count). The Morgan fingerprint density at radius 2 is 1.61 bits per heavy atom.